The van der Waals surface area contributed by atoms with Gasteiger partial charge in [0.2, 0.25) is 0 Å². The largest absolute Gasteiger partial charge is 0.497 e. The van der Waals surface area contributed by atoms with Crippen molar-refractivity contribution in [3.63, 3.8) is 0 Å². The van der Waals surface area contributed by atoms with E-state index in [4.69, 9.17) is 4.74 Å². The van der Waals surface area contributed by atoms with E-state index in [9.17, 15) is 4.79 Å². The highest BCUT2D eigenvalue weighted by Gasteiger charge is 2.33. The summed E-state index contributed by atoms with van der Waals surface area (Å²) in [6.45, 7) is 2.69. The summed E-state index contributed by atoms with van der Waals surface area (Å²) in [5.41, 5.74) is 6.02. The smallest absolute Gasteiger partial charge is 0.266 e. The van der Waals surface area contributed by atoms with Crippen LogP contribution < -0.4 is 4.74 Å². The van der Waals surface area contributed by atoms with Crippen LogP contribution in [0.3, 0.4) is 0 Å². The van der Waals surface area contributed by atoms with E-state index in [0.717, 1.165) is 46.8 Å². The second-order valence-electron chi connectivity index (χ2n) is 6.74. The van der Waals surface area contributed by atoms with Crippen LogP contribution in [0.1, 0.15) is 39.8 Å². The lowest BCUT2D eigenvalue weighted by molar-refractivity contribution is 0.0740. The summed E-state index contributed by atoms with van der Waals surface area (Å²) >= 11 is 1.43. The number of aryl methyl sites for hydroxylation is 1. The van der Waals surface area contributed by atoms with Crippen molar-refractivity contribution < 1.29 is 9.53 Å². The number of carbonyl (C=O) groups is 1. The van der Waals surface area contributed by atoms with Gasteiger partial charge in [-0.25, -0.2) is 4.98 Å². The van der Waals surface area contributed by atoms with Crippen molar-refractivity contribution in [1.82, 2.24) is 9.88 Å². The molecular weight excluding hydrogens is 356 g/mol. The second kappa shape index (κ2) is 7.53. The molecule has 27 heavy (non-hydrogen) atoms. The molecule has 1 aliphatic rings. The number of aromatic nitrogens is 1. The molecule has 0 N–H and O–H groups in total. The number of carbonyl (C=O) groups excluding carboxylic acids is 1. The lowest BCUT2D eigenvalue weighted by Gasteiger charge is -2.27. The standard InChI is InChI=1S/C22H22N2O2S/c1-15-21(27-14-23-15)22(25)24-12-6-11-20(24)19-10-4-3-9-18(19)16-7-5-8-17(13-16)26-2/h3-5,7-10,13-14,20H,6,11-12H2,1-2H3/t20-/m1/s1. The third-order valence-electron chi connectivity index (χ3n) is 5.15. The Morgan fingerprint density at radius 1 is 1.22 bits per heavy atom. The van der Waals surface area contributed by atoms with Crippen LogP contribution in [-0.4, -0.2) is 29.4 Å². The van der Waals surface area contributed by atoms with Crippen LogP contribution in [-0.2, 0) is 0 Å². The summed E-state index contributed by atoms with van der Waals surface area (Å²) < 4.78 is 5.39. The summed E-state index contributed by atoms with van der Waals surface area (Å²) in [6.07, 6.45) is 1.99. The molecule has 1 aliphatic heterocycles. The van der Waals surface area contributed by atoms with Crippen molar-refractivity contribution in [2.24, 2.45) is 0 Å². The Morgan fingerprint density at radius 2 is 2.07 bits per heavy atom. The van der Waals surface area contributed by atoms with Crippen molar-refractivity contribution in [2.45, 2.75) is 25.8 Å². The quantitative estimate of drug-likeness (QED) is 0.634. The fraction of sp³-hybridized carbons (Fsp3) is 0.273. The van der Waals surface area contributed by atoms with Crippen molar-refractivity contribution >= 4 is 17.2 Å². The zero-order valence-electron chi connectivity index (χ0n) is 15.5. The van der Waals surface area contributed by atoms with Gasteiger partial charge in [0.15, 0.2) is 0 Å². The first-order valence-electron chi connectivity index (χ1n) is 9.13. The van der Waals surface area contributed by atoms with Crippen LogP contribution in [0.25, 0.3) is 11.1 Å². The zero-order valence-corrected chi connectivity index (χ0v) is 16.3. The van der Waals surface area contributed by atoms with E-state index in [1.807, 2.05) is 36.1 Å². The van der Waals surface area contributed by atoms with Crippen LogP contribution in [0.2, 0.25) is 0 Å². The Bertz CT molecular complexity index is 966. The molecule has 0 aliphatic carbocycles. The molecule has 2 heterocycles. The van der Waals surface area contributed by atoms with Crippen molar-refractivity contribution in [2.75, 3.05) is 13.7 Å². The van der Waals surface area contributed by atoms with Crippen LogP contribution >= 0.6 is 11.3 Å². The fourth-order valence-corrected chi connectivity index (χ4v) is 4.57. The normalized spacial score (nSPS) is 16.5. The van der Waals surface area contributed by atoms with Gasteiger partial charge >= 0.3 is 0 Å². The topological polar surface area (TPSA) is 42.4 Å². The lowest BCUT2D eigenvalue weighted by Crippen LogP contribution is -2.30. The van der Waals surface area contributed by atoms with E-state index in [0.29, 0.717) is 0 Å². The third kappa shape index (κ3) is 3.35. The van der Waals surface area contributed by atoms with Gasteiger partial charge in [-0.1, -0.05) is 36.4 Å². The van der Waals surface area contributed by atoms with Gasteiger partial charge in [-0.3, -0.25) is 4.79 Å². The van der Waals surface area contributed by atoms with Gasteiger partial charge in [0.25, 0.3) is 5.91 Å². The monoisotopic (exact) mass is 378 g/mol. The van der Waals surface area contributed by atoms with Crippen LogP contribution in [0.5, 0.6) is 5.75 Å². The van der Waals surface area contributed by atoms with E-state index in [-0.39, 0.29) is 11.9 Å². The summed E-state index contributed by atoms with van der Waals surface area (Å²) in [5.74, 6) is 0.930. The highest BCUT2D eigenvalue weighted by molar-refractivity contribution is 7.11. The molecule has 0 radical (unpaired) electrons. The summed E-state index contributed by atoms with van der Waals surface area (Å²) in [4.78, 5) is 20.1. The number of hydrogen-bond donors (Lipinski definition) is 0. The predicted octanol–water partition coefficient (Wildman–Crippen LogP) is 5.10. The fourth-order valence-electron chi connectivity index (χ4n) is 3.81. The minimum Gasteiger partial charge on any atom is -0.497 e. The highest BCUT2D eigenvalue weighted by atomic mass is 32.1. The Morgan fingerprint density at radius 3 is 2.85 bits per heavy atom. The minimum atomic E-state index is 0.0846. The number of methoxy groups -OCH3 is 1. The lowest BCUT2D eigenvalue weighted by atomic mass is 9.93. The molecule has 1 amide bonds. The van der Waals surface area contributed by atoms with Gasteiger partial charge in [-0.15, -0.1) is 11.3 Å². The van der Waals surface area contributed by atoms with E-state index in [2.05, 4.69) is 29.2 Å². The SMILES string of the molecule is COc1cccc(-c2ccccc2[C@H]2CCCN2C(=O)c2scnc2C)c1. The third-order valence-corrected chi connectivity index (χ3v) is 6.07. The van der Waals surface area contributed by atoms with Gasteiger partial charge in [0.1, 0.15) is 10.6 Å². The van der Waals surface area contributed by atoms with Gasteiger partial charge < -0.3 is 9.64 Å². The van der Waals surface area contributed by atoms with Crippen LogP contribution in [0, 0.1) is 6.92 Å². The molecule has 0 bridgehead atoms. The van der Waals surface area contributed by atoms with Crippen molar-refractivity contribution in [3.05, 3.63) is 70.2 Å². The van der Waals surface area contributed by atoms with E-state index in [1.165, 1.54) is 16.9 Å². The number of nitrogens with zero attached hydrogens (tertiary/aromatic N) is 2. The minimum absolute atomic E-state index is 0.0846. The molecule has 0 spiro atoms. The summed E-state index contributed by atoms with van der Waals surface area (Å²) in [7, 11) is 1.68. The van der Waals surface area contributed by atoms with Gasteiger partial charge in [0.05, 0.1) is 24.4 Å². The highest BCUT2D eigenvalue weighted by Crippen LogP contribution is 2.39. The molecule has 4 rings (SSSR count). The summed E-state index contributed by atoms with van der Waals surface area (Å²) in [6, 6.07) is 16.6. The first kappa shape index (κ1) is 17.7. The van der Waals surface area contributed by atoms with E-state index >= 15 is 0 Å². The van der Waals surface area contributed by atoms with Crippen LogP contribution in [0.15, 0.2) is 54.0 Å². The first-order chi connectivity index (χ1) is 13.2. The predicted molar refractivity (Wildman–Crippen MR) is 108 cm³/mol. The maximum Gasteiger partial charge on any atom is 0.266 e. The molecule has 3 aromatic rings. The maximum atomic E-state index is 13.1. The molecule has 0 saturated carbocycles. The zero-order chi connectivity index (χ0) is 18.8. The molecule has 0 unspecified atom stereocenters. The molecule has 1 fully saturated rings. The Labute approximate surface area is 163 Å². The molecule has 1 aromatic heterocycles. The molecule has 1 atom stereocenters. The molecule has 1 saturated heterocycles. The van der Waals surface area contributed by atoms with Crippen molar-refractivity contribution in [1.29, 1.82) is 0 Å². The number of ether oxygens (including phenoxy) is 1. The van der Waals surface area contributed by atoms with Crippen LogP contribution in [0.4, 0.5) is 0 Å². The van der Waals surface area contributed by atoms with E-state index in [1.54, 1.807) is 12.6 Å². The number of likely N-dealkylation sites (tertiary alicyclic amines) is 1. The number of benzene rings is 2. The Balaban J connectivity index is 1.72. The molecule has 2 aromatic carbocycles. The molecule has 5 heteroatoms. The molecular formula is C22H22N2O2S. The number of amides is 1. The number of rotatable bonds is 4. The average molecular weight is 378 g/mol. The van der Waals surface area contributed by atoms with Gasteiger partial charge in [-0.05, 0) is 48.6 Å². The molecule has 4 nitrogen and oxygen atoms in total. The second-order valence-corrected chi connectivity index (χ2v) is 7.60. The Hall–Kier alpha value is -2.66. The summed E-state index contributed by atoms with van der Waals surface area (Å²) in [5, 5.41) is 0. The molecule has 138 valence electrons. The van der Waals surface area contributed by atoms with Gasteiger partial charge in [0, 0.05) is 6.54 Å². The first-order valence-corrected chi connectivity index (χ1v) is 10.0. The van der Waals surface area contributed by atoms with Crippen molar-refractivity contribution in [3.8, 4) is 16.9 Å². The average Bonchev–Trinajstić information content (AvgIpc) is 3.36. The van der Waals surface area contributed by atoms with Gasteiger partial charge in [-0.2, -0.15) is 0 Å². The van der Waals surface area contributed by atoms with E-state index < -0.39 is 0 Å². The Kier molecular flexibility index (Phi) is 4.94. The maximum absolute atomic E-state index is 13.1. The number of thiazole rings is 1. The number of hydrogen-bond acceptors (Lipinski definition) is 4.